The zero-order valence-electron chi connectivity index (χ0n) is 6.03. The second-order valence-electron chi connectivity index (χ2n) is 1.77. The van der Waals surface area contributed by atoms with Gasteiger partial charge in [0.05, 0.1) is 6.61 Å². The van der Waals surface area contributed by atoms with Crippen molar-refractivity contribution >= 4 is 22.8 Å². The molecule has 0 unspecified atom stereocenters. The van der Waals surface area contributed by atoms with Crippen molar-refractivity contribution in [2.45, 2.75) is 6.92 Å². The first-order chi connectivity index (χ1) is 5.27. The number of rotatable bonds is 3. The lowest BCUT2D eigenvalue weighted by Gasteiger charge is -1.95. The summed E-state index contributed by atoms with van der Waals surface area (Å²) in [4.78, 5) is 14.6. The Morgan fingerprint density at radius 3 is 3.09 bits per heavy atom. The number of aldehydes is 1. The molecular formula is C6H8N2O2S. The molecule has 60 valence electrons. The Kier molecular flexibility index (Phi) is 2.43. The molecule has 0 radical (unpaired) electrons. The number of nitrogen functional groups attached to an aromatic ring is 1. The van der Waals surface area contributed by atoms with Crippen LogP contribution in [0.5, 0.6) is 5.88 Å². The summed E-state index contributed by atoms with van der Waals surface area (Å²) in [7, 11) is 0. The topological polar surface area (TPSA) is 65.2 Å². The molecule has 4 nitrogen and oxygen atoms in total. The second kappa shape index (κ2) is 3.34. The standard InChI is InChI=1S/C6H8N2O2S/c1-2-10-5-4(3-9)11-6(7)8-5/h3H,2H2,1H3,(H2,7,8). The first-order valence-corrected chi connectivity index (χ1v) is 3.93. The van der Waals surface area contributed by atoms with E-state index in [1.165, 1.54) is 0 Å². The molecule has 0 aliphatic heterocycles. The molecule has 0 saturated heterocycles. The number of hydrogen-bond acceptors (Lipinski definition) is 5. The first kappa shape index (κ1) is 8.00. The van der Waals surface area contributed by atoms with Gasteiger partial charge in [-0.2, -0.15) is 4.98 Å². The molecule has 0 amide bonds. The van der Waals surface area contributed by atoms with Crippen LogP contribution in [-0.4, -0.2) is 17.9 Å². The molecule has 0 spiro atoms. The highest BCUT2D eigenvalue weighted by atomic mass is 32.1. The summed E-state index contributed by atoms with van der Waals surface area (Å²) in [5.74, 6) is 0.338. The van der Waals surface area contributed by atoms with Crippen LogP contribution in [0.3, 0.4) is 0 Å². The van der Waals surface area contributed by atoms with Crippen molar-refractivity contribution in [3.05, 3.63) is 4.88 Å². The van der Waals surface area contributed by atoms with Crippen LogP contribution in [0, 0.1) is 0 Å². The fraction of sp³-hybridized carbons (Fsp3) is 0.333. The molecule has 0 atom stereocenters. The molecule has 1 rings (SSSR count). The van der Waals surface area contributed by atoms with E-state index >= 15 is 0 Å². The molecule has 0 saturated carbocycles. The lowest BCUT2D eigenvalue weighted by molar-refractivity contribution is 0.112. The summed E-state index contributed by atoms with van der Waals surface area (Å²) in [5.41, 5.74) is 5.35. The molecule has 0 aliphatic carbocycles. The number of ether oxygens (including phenoxy) is 1. The zero-order valence-corrected chi connectivity index (χ0v) is 6.85. The average molecular weight is 172 g/mol. The van der Waals surface area contributed by atoms with E-state index < -0.39 is 0 Å². The average Bonchev–Trinajstić information content (AvgIpc) is 2.32. The molecule has 0 aromatic carbocycles. The molecule has 5 heteroatoms. The largest absolute Gasteiger partial charge is 0.477 e. The number of aromatic nitrogens is 1. The molecule has 1 aromatic heterocycles. The Balaban J connectivity index is 2.92. The van der Waals surface area contributed by atoms with Crippen LogP contribution in [-0.2, 0) is 0 Å². The SMILES string of the molecule is CCOc1nc(N)sc1C=O. The van der Waals surface area contributed by atoms with Crippen LogP contribution in [0.4, 0.5) is 5.13 Å². The maximum atomic E-state index is 10.4. The van der Waals surface area contributed by atoms with Gasteiger partial charge < -0.3 is 10.5 Å². The van der Waals surface area contributed by atoms with Gasteiger partial charge in [0.25, 0.3) is 0 Å². The number of nitrogens with two attached hydrogens (primary N) is 1. The van der Waals surface area contributed by atoms with Crippen molar-refractivity contribution in [3.8, 4) is 5.88 Å². The van der Waals surface area contributed by atoms with Gasteiger partial charge in [-0.3, -0.25) is 4.79 Å². The summed E-state index contributed by atoms with van der Waals surface area (Å²) in [6.45, 7) is 2.31. The molecule has 0 fully saturated rings. The van der Waals surface area contributed by atoms with Crippen LogP contribution in [0.1, 0.15) is 16.6 Å². The minimum Gasteiger partial charge on any atom is -0.477 e. The highest BCUT2D eigenvalue weighted by molar-refractivity contribution is 7.17. The van der Waals surface area contributed by atoms with E-state index in [2.05, 4.69) is 4.98 Å². The van der Waals surface area contributed by atoms with Gasteiger partial charge in [0.1, 0.15) is 4.88 Å². The molecule has 11 heavy (non-hydrogen) atoms. The van der Waals surface area contributed by atoms with Gasteiger partial charge in [-0.05, 0) is 6.92 Å². The third-order valence-corrected chi connectivity index (χ3v) is 1.82. The van der Waals surface area contributed by atoms with E-state index in [-0.39, 0.29) is 0 Å². The van der Waals surface area contributed by atoms with Crippen molar-refractivity contribution in [2.24, 2.45) is 0 Å². The maximum Gasteiger partial charge on any atom is 0.237 e. The van der Waals surface area contributed by atoms with Gasteiger partial charge in [-0.1, -0.05) is 11.3 Å². The Morgan fingerprint density at radius 2 is 2.55 bits per heavy atom. The van der Waals surface area contributed by atoms with E-state index in [9.17, 15) is 4.79 Å². The number of thiazole rings is 1. The predicted octanol–water partition coefficient (Wildman–Crippen LogP) is 0.936. The summed E-state index contributed by atoms with van der Waals surface area (Å²) in [6.07, 6.45) is 0.693. The Labute approximate surface area is 68.0 Å². The molecule has 1 heterocycles. The summed E-state index contributed by atoms with van der Waals surface area (Å²) in [5, 5.41) is 0.357. The van der Waals surface area contributed by atoms with Crippen molar-refractivity contribution in [3.63, 3.8) is 0 Å². The lowest BCUT2D eigenvalue weighted by Crippen LogP contribution is -1.94. The van der Waals surface area contributed by atoms with Crippen molar-refractivity contribution in [1.82, 2.24) is 4.98 Å². The Hall–Kier alpha value is -1.10. The van der Waals surface area contributed by atoms with Gasteiger partial charge in [-0.15, -0.1) is 0 Å². The molecule has 0 bridgehead atoms. The molecule has 0 aliphatic rings. The fourth-order valence-corrected chi connectivity index (χ4v) is 1.24. The number of anilines is 1. The van der Waals surface area contributed by atoms with Crippen LogP contribution >= 0.6 is 11.3 Å². The summed E-state index contributed by atoms with van der Waals surface area (Å²) in [6, 6.07) is 0. The zero-order chi connectivity index (χ0) is 8.27. The van der Waals surface area contributed by atoms with Gasteiger partial charge in [0.15, 0.2) is 11.4 Å². The molecule has 2 N–H and O–H groups in total. The predicted molar refractivity (Wildman–Crippen MR) is 43.1 cm³/mol. The first-order valence-electron chi connectivity index (χ1n) is 3.12. The van der Waals surface area contributed by atoms with Crippen LogP contribution in [0.25, 0.3) is 0 Å². The van der Waals surface area contributed by atoms with E-state index in [4.69, 9.17) is 10.5 Å². The van der Waals surface area contributed by atoms with Crippen LogP contribution in [0.2, 0.25) is 0 Å². The van der Waals surface area contributed by atoms with Gasteiger partial charge in [0, 0.05) is 0 Å². The van der Waals surface area contributed by atoms with Crippen molar-refractivity contribution < 1.29 is 9.53 Å². The number of hydrogen-bond donors (Lipinski definition) is 1. The summed E-state index contributed by atoms with van der Waals surface area (Å²) < 4.78 is 5.04. The minimum atomic E-state index is 0.338. The van der Waals surface area contributed by atoms with Crippen molar-refractivity contribution in [1.29, 1.82) is 0 Å². The van der Waals surface area contributed by atoms with E-state index in [1.54, 1.807) is 0 Å². The summed E-state index contributed by atoms with van der Waals surface area (Å²) >= 11 is 1.13. The Morgan fingerprint density at radius 1 is 1.82 bits per heavy atom. The Bertz CT molecular complexity index is 259. The lowest BCUT2D eigenvalue weighted by atomic mass is 10.6. The monoisotopic (exact) mass is 172 g/mol. The maximum absolute atomic E-state index is 10.4. The second-order valence-corrected chi connectivity index (χ2v) is 2.83. The smallest absolute Gasteiger partial charge is 0.237 e. The minimum absolute atomic E-state index is 0.338. The van der Waals surface area contributed by atoms with E-state index in [0.29, 0.717) is 28.8 Å². The normalized spacial score (nSPS) is 9.55. The molecular weight excluding hydrogens is 164 g/mol. The van der Waals surface area contributed by atoms with E-state index in [0.717, 1.165) is 11.3 Å². The molecule has 1 aromatic rings. The fourth-order valence-electron chi connectivity index (χ4n) is 0.649. The quantitative estimate of drug-likeness (QED) is 0.689. The number of nitrogens with zero attached hydrogens (tertiary/aromatic N) is 1. The van der Waals surface area contributed by atoms with Gasteiger partial charge in [-0.25, -0.2) is 0 Å². The van der Waals surface area contributed by atoms with Gasteiger partial charge >= 0.3 is 0 Å². The number of carbonyl (C=O) groups is 1. The highest BCUT2D eigenvalue weighted by Gasteiger charge is 2.08. The highest BCUT2D eigenvalue weighted by Crippen LogP contribution is 2.24. The van der Waals surface area contributed by atoms with Crippen molar-refractivity contribution in [2.75, 3.05) is 12.3 Å². The van der Waals surface area contributed by atoms with Crippen LogP contribution < -0.4 is 10.5 Å². The third kappa shape index (κ3) is 1.68. The van der Waals surface area contributed by atoms with E-state index in [1.807, 2.05) is 6.92 Å². The third-order valence-electron chi connectivity index (χ3n) is 1.03. The number of carbonyl (C=O) groups excluding carboxylic acids is 1. The van der Waals surface area contributed by atoms with Crippen LogP contribution in [0.15, 0.2) is 0 Å². The van der Waals surface area contributed by atoms with Gasteiger partial charge in [0.2, 0.25) is 5.88 Å².